The maximum absolute atomic E-state index is 13.3. The minimum Gasteiger partial charge on any atom is -0.464 e. The lowest BCUT2D eigenvalue weighted by molar-refractivity contribution is -0.151. The molecule has 1 fully saturated rings. The maximum Gasteiger partial charge on any atom is 0.416 e. The minimum absolute atomic E-state index is 0.260. The molecule has 4 rings (SSSR count). The average Bonchev–Trinajstić information content (AvgIpc) is 3.15. The molecule has 2 aromatic carbocycles. The number of benzene rings is 2. The molecule has 2 aromatic rings. The van der Waals surface area contributed by atoms with E-state index in [1.54, 1.807) is 6.07 Å². The molecule has 1 heterocycles. The number of hydrogen-bond acceptors (Lipinski definition) is 3. The van der Waals surface area contributed by atoms with Crippen molar-refractivity contribution in [3.8, 4) is 0 Å². The highest BCUT2D eigenvalue weighted by molar-refractivity contribution is 5.85. The Morgan fingerprint density at radius 1 is 0.967 bits per heavy atom. The fourth-order valence-electron chi connectivity index (χ4n) is 4.66. The largest absolute Gasteiger partial charge is 0.464 e. The van der Waals surface area contributed by atoms with Crippen LogP contribution in [-0.4, -0.2) is 37.1 Å². The van der Waals surface area contributed by atoms with Crippen LogP contribution < -0.4 is 0 Å². The highest BCUT2D eigenvalue weighted by Crippen LogP contribution is 2.42. The van der Waals surface area contributed by atoms with Crippen molar-refractivity contribution in [2.24, 2.45) is 0 Å². The van der Waals surface area contributed by atoms with Crippen molar-refractivity contribution in [1.29, 1.82) is 0 Å². The Labute approximate surface area is 174 Å². The van der Waals surface area contributed by atoms with Crippen LogP contribution in [0.15, 0.2) is 48.5 Å². The second kappa shape index (κ2) is 8.42. The van der Waals surface area contributed by atoms with Crippen molar-refractivity contribution < 1.29 is 22.7 Å². The van der Waals surface area contributed by atoms with Gasteiger partial charge in [-0.05, 0) is 61.5 Å². The van der Waals surface area contributed by atoms with E-state index in [4.69, 9.17) is 4.74 Å². The maximum atomic E-state index is 13.3. The summed E-state index contributed by atoms with van der Waals surface area (Å²) >= 11 is 0. The molecule has 0 unspecified atom stereocenters. The van der Waals surface area contributed by atoms with Gasteiger partial charge in [0, 0.05) is 6.54 Å². The highest BCUT2D eigenvalue weighted by Gasteiger charge is 2.47. The molecule has 30 heavy (non-hydrogen) atoms. The number of alkyl halides is 3. The Morgan fingerprint density at radius 2 is 1.63 bits per heavy atom. The van der Waals surface area contributed by atoms with Gasteiger partial charge >= 0.3 is 12.1 Å². The molecule has 2 aliphatic rings. The number of halogens is 3. The van der Waals surface area contributed by atoms with Crippen LogP contribution in [-0.2, 0) is 34.0 Å². The topological polar surface area (TPSA) is 29.5 Å². The predicted molar refractivity (Wildman–Crippen MR) is 108 cm³/mol. The number of fused-ring (bicyclic) bond motifs is 1. The van der Waals surface area contributed by atoms with Gasteiger partial charge in [-0.2, -0.15) is 13.2 Å². The van der Waals surface area contributed by atoms with Gasteiger partial charge in [-0.15, -0.1) is 0 Å². The first-order valence-electron chi connectivity index (χ1n) is 10.5. The molecule has 0 bridgehead atoms. The van der Waals surface area contributed by atoms with E-state index < -0.39 is 23.1 Å². The standard InChI is InChI=1S/C24H26F3NO2/c25-24(26,27)21-10-6-9-20(15-21)23(16-18-7-2-3-8-19(18)17-23)22(29)30-14-13-28-11-4-1-5-12-28/h2-3,6-10,15H,1,4-5,11-14,16-17H2. The van der Waals surface area contributed by atoms with Crippen LogP contribution >= 0.6 is 0 Å². The zero-order valence-electron chi connectivity index (χ0n) is 16.9. The van der Waals surface area contributed by atoms with Gasteiger partial charge in [0.15, 0.2) is 0 Å². The Morgan fingerprint density at radius 3 is 2.27 bits per heavy atom. The van der Waals surface area contributed by atoms with E-state index in [2.05, 4.69) is 4.90 Å². The summed E-state index contributed by atoms with van der Waals surface area (Å²) < 4.78 is 45.7. The summed E-state index contributed by atoms with van der Waals surface area (Å²) in [5.41, 5.74) is 0.492. The fraction of sp³-hybridized carbons (Fsp3) is 0.458. The number of likely N-dealkylation sites (tertiary alicyclic amines) is 1. The molecule has 6 heteroatoms. The zero-order valence-corrected chi connectivity index (χ0v) is 16.9. The normalized spacial score (nSPS) is 18.8. The average molecular weight is 417 g/mol. The number of carbonyl (C=O) groups excluding carboxylic acids is 1. The Balaban J connectivity index is 1.58. The number of hydrogen-bond donors (Lipinski definition) is 0. The Hall–Kier alpha value is -2.34. The molecule has 0 atom stereocenters. The molecule has 1 saturated heterocycles. The number of esters is 1. The summed E-state index contributed by atoms with van der Waals surface area (Å²) in [5, 5.41) is 0. The minimum atomic E-state index is -4.46. The number of rotatable bonds is 5. The van der Waals surface area contributed by atoms with Crippen LogP contribution in [0.3, 0.4) is 0 Å². The summed E-state index contributed by atoms with van der Waals surface area (Å²) in [5.74, 6) is -0.435. The summed E-state index contributed by atoms with van der Waals surface area (Å²) in [6.45, 7) is 2.93. The van der Waals surface area contributed by atoms with Crippen LogP contribution in [0, 0.1) is 0 Å². The highest BCUT2D eigenvalue weighted by atomic mass is 19.4. The first-order chi connectivity index (χ1) is 14.4. The van der Waals surface area contributed by atoms with Crippen molar-refractivity contribution in [3.63, 3.8) is 0 Å². The van der Waals surface area contributed by atoms with E-state index >= 15 is 0 Å². The van der Waals surface area contributed by atoms with Crippen molar-refractivity contribution >= 4 is 5.97 Å². The number of nitrogens with zero attached hydrogens (tertiary/aromatic N) is 1. The molecule has 0 aromatic heterocycles. The summed E-state index contributed by atoms with van der Waals surface area (Å²) in [6.07, 6.45) is -0.219. The van der Waals surface area contributed by atoms with E-state index in [-0.39, 0.29) is 6.61 Å². The lowest BCUT2D eigenvalue weighted by atomic mass is 9.77. The third-order valence-corrected chi connectivity index (χ3v) is 6.33. The Bertz CT molecular complexity index is 878. The predicted octanol–water partition coefficient (Wildman–Crippen LogP) is 4.77. The Kier molecular flexibility index (Phi) is 5.87. The van der Waals surface area contributed by atoms with Crippen LogP contribution in [0.25, 0.3) is 0 Å². The van der Waals surface area contributed by atoms with Gasteiger partial charge < -0.3 is 4.74 Å². The monoisotopic (exact) mass is 417 g/mol. The van der Waals surface area contributed by atoms with Crippen LogP contribution in [0.5, 0.6) is 0 Å². The number of piperidine rings is 1. The molecule has 0 spiro atoms. The van der Waals surface area contributed by atoms with E-state index in [1.807, 2.05) is 24.3 Å². The molecule has 0 amide bonds. The van der Waals surface area contributed by atoms with Gasteiger partial charge in [0.25, 0.3) is 0 Å². The third-order valence-electron chi connectivity index (χ3n) is 6.33. The molecular weight excluding hydrogens is 391 g/mol. The molecule has 0 N–H and O–H groups in total. The van der Waals surface area contributed by atoms with Gasteiger partial charge in [-0.25, -0.2) is 0 Å². The molecular formula is C24H26F3NO2. The SMILES string of the molecule is O=C(OCCN1CCCCC1)C1(c2cccc(C(F)(F)F)c2)Cc2ccccc2C1. The van der Waals surface area contributed by atoms with Gasteiger partial charge in [0.1, 0.15) is 12.0 Å². The van der Waals surface area contributed by atoms with Crippen LogP contribution in [0.2, 0.25) is 0 Å². The summed E-state index contributed by atoms with van der Waals surface area (Å²) in [4.78, 5) is 15.6. The van der Waals surface area contributed by atoms with E-state index in [0.29, 0.717) is 24.9 Å². The smallest absolute Gasteiger partial charge is 0.416 e. The zero-order chi connectivity index (χ0) is 21.2. The first kappa shape index (κ1) is 20.9. The number of ether oxygens (including phenoxy) is 1. The van der Waals surface area contributed by atoms with Crippen LogP contribution in [0.4, 0.5) is 13.2 Å². The number of carbonyl (C=O) groups is 1. The van der Waals surface area contributed by atoms with Crippen molar-refractivity contribution in [1.82, 2.24) is 4.90 Å². The second-order valence-electron chi connectivity index (χ2n) is 8.32. The molecule has 160 valence electrons. The third kappa shape index (κ3) is 4.24. The lowest BCUT2D eigenvalue weighted by Gasteiger charge is -2.30. The molecule has 1 aliphatic heterocycles. The first-order valence-corrected chi connectivity index (χ1v) is 10.5. The van der Waals surface area contributed by atoms with Gasteiger partial charge in [-0.1, -0.05) is 48.9 Å². The molecule has 0 radical (unpaired) electrons. The summed E-state index contributed by atoms with van der Waals surface area (Å²) in [7, 11) is 0. The quantitative estimate of drug-likeness (QED) is 0.657. The van der Waals surface area contributed by atoms with Gasteiger partial charge in [-0.3, -0.25) is 9.69 Å². The summed E-state index contributed by atoms with van der Waals surface area (Å²) in [6, 6.07) is 12.8. The van der Waals surface area contributed by atoms with Crippen molar-refractivity contribution in [2.75, 3.05) is 26.2 Å². The molecule has 0 saturated carbocycles. The van der Waals surface area contributed by atoms with E-state index in [0.717, 1.165) is 49.2 Å². The molecule has 3 nitrogen and oxygen atoms in total. The van der Waals surface area contributed by atoms with Crippen molar-refractivity contribution in [2.45, 2.75) is 43.7 Å². The lowest BCUT2D eigenvalue weighted by Crippen LogP contribution is -2.40. The van der Waals surface area contributed by atoms with E-state index in [1.165, 1.54) is 12.5 Å². The van der Waals surface area contributed by atoms with Gasteiger partial charge in [0.05, 0.1) is 5.56 Å². The fourth-order valence-corrected chi connectivity index (χ4v) is 4.66. The van der Waals surface area contributed by atoms with Crippen LogP contribution in [0.1, 0.15) is 41.5 Å². The van der Waals surface area contributed by atoms with E-state index in [9.17, 15) is 18.0 Å². The second-order valence-corrected chi connectivity index (χ2v) is 8.32. The molecule has 1 aliphatic carbocycles. The van der Waals surface area contributed by atoms with Crippen molar-refractivity contribution in [3.05, 3.63) is 70.8 Å². The van der Waals surface area contributed by atoms with Gasteiger partial charge in [0.2, 0.25) is 0 Å².